The Morgan fingerprint density at radius 3 is 3.00 bits per heavy atom. The van der Waals surface area contributed by atoms with Crippen LogP contribution in [0.2, 0.25) is 0 Å². The van der Waals surface area contributed by atoms with Gasteiger partial charge in [-0.05, 0) is 19.1 Å². The molecule has 2 heterocycles. The van der Waals surface area contributed by atoms with Crippen LogP contribution in [0.5, 0.6) is 0 Å². The molecule has 2 rings (SSSR count). The third kappa shape index (κ3) is 2.59. The van der Waals surface area contributed by atoms with Gasteiger partial charge in [0.1, 0.15) is 11.5 Å². The van der Waals surface area contributed by atoms with Crippen molar-refractivity contribution in [1.82, 2.24) is 9.97 Å². The van der Waals surface area contributed by atoms with Gasteiger partial charge >= 0.3 is 0 Å². The summed E-state index contributed by atoms with van der Waals surface area (Å²) in [6.45, 7) is 1.97. The predicted molar refractivity (Wildman–Crippen MR) is 66.2 cm³/mol. The van der Waals surface area contributed by atoms with Crippen LogP contribution in [-0.4, -0.2) is 15.8 Å². The van der Waals surface area contributed by atoms with Crippen molar-refractivity contribution in [3.63, 3.8) is 0 Å². The quantitative estimate of drug-likeness (QED) is 0.647. The lowest BCUT2D eigenvalue weighted by Crippen LogP contribution is -2.12. The highest BCUT2D eigenvalue weighted by atomic mass is 32.2. The molecule has 4 nitrogen and oxygen atoms in total. The van der Waals surface area contributed by atoms with Gasteiger partial charge in [0, 0.05) is 22.2 Å². The number of hydrogen-bond donors (Lipinski definition) is 2. The van der Waals surface area contributed by atoms with E-state index in [9.17, 15) is 0 Å². The first kappa shape index (κ1) is 11.1. The zero-order chi connectivity index (χ0) is 11.5. The molecule has 0 unspecified atom stereocenters. The van der Waals surface area contributed by atoms with E-state index in [4.69, 9.17) is 11.1 Å². The van der Waals surface area contributed by atoms with Crippen LogP contribution in [0.3, 0.4) is 0 Å². The van der Waals surface area contributed by atoms with Gasteiger partial charge < -0.3 is 5.73 Å². The van der Waals surface area contributed by atoms with Crippen LogP contribution in [0.15, 0.2) is 32.9 Å². The molecule has 0 saturated heterocycles. The first-order valence-electron chi connectivity index (χ1n) is 4.55. The van der Waals surface area contributed by atoms with Gasteiger partial charge in [-0.2, -0.15) is 0 Å². The summed E-state index contributed by atoms with van der Waals surface area (Å²) in [7, 11) is 0. The van der Waals surface area contributed by atoms with Crippen molar-refractivity contribution in [2.75, 3.05) is 0 Å². The van der Waals surface area contributed by atoms with Crippen molar-refractivity contribution in [1.29, 1.82) is 5.41 Å². The number of thiazole rings is 1. The zero-order valence-corrected chi connectivity index (χ0v) is 10.2. The molecule has 3 N–H and O–H groups in total. The first-order chi connectivity index (χ1) is 7.65. The Morgan fingerprint density at radius 2 is 2.38 bits per heavy atom. The lowest BCUT2D eigenvalue weighted by molar-refractivity contribution is 1.15. The number of aromatic nitrogens is 2. The molecule has 2 aromatic heterocycles. The number of aryl methyl sites for hydroxylation is 1. The average molecular weight is 250 g/mol. The molecule has 0 fully saturated rings. The van der Waals surface area contributed by atoms with Gasteiger partial charge in [-0.25, -0.2) is 4.98 Å². The normalized spacial score (nSPS) is 10.3. The monoisotopic (exact) mass is 250 g/mol. The third-order valence-electron chi connectivity index (χ3n) is 1.81. The number of nitrogen functional groups attached to an aromatic ring is 1. The van der Waals surface area contributed by atoms with Crippen molar-refractivity contribution in [2.24, 2.45) is 5.73 Å². The van der Waals surface area contributed by atoms with E-state index in [1.54, 1.807) is 35.4 Å². The van der Waals surface area contributed by atoms with Crippen LogP contribution in [-0.2, 0) is 0 Å². The van der Waals surface area contributed by atoms with Crippen molar-refractivity contribution in [2.45, 2.75) is 16.2 Å². The molecular formula is C10H10N4S2. The highest BCUT2D eigenvalue weighted by Crippen LogP contribution is 2.29. The number of nitrogens with two attached hydrogens (primary N) is 1. The van der Waals surface area contributed by atoms with Crippen LogP contribution in [0.4, 0.5) is 0 Å². The average Bonchev–Trinajstić information content (AvgIpc) is 2.64. The second-order valence-corrected chi connectivity index (χ2v) is 5.33. The molecule has 6 heteroatoms. The molecule has 0 amide bonds. The Morgan fingerprint density at radius 1 is 1.56 bits per heavy atom. The Bertz CT molecular complexity index is 521. The second-order valence-electron chi connectivity index (χ2n) is 3.15. The van der Waals surface area contributed by atoms with Crippen LogP contribution in [0.1, 0.15) is 11.4 Å². The Balaban J connectivity index is 2.21. The molecule has 0 aromatic carbocycles. The molecule has 0 bridgehead atoms. The molecule has 0 aliphatic rings. The summed E-state index contributed by atoms with van der Waals surface area (Å²) in [6.07, 6.45) is 1.65. The van der Waals surface area contributed by atoms with Gasteiger partial charge in [0.25, 0.3) is 0 Å². The van der Waals surface area contributed by atoms with E-state index in [0.29, 0.717) is 5.69 Å². The minimum Gasteiger partial charge on any atom is -0.382 e. The fourth-order valence-electron chi connectivity index (χ4n) is 1.10. The summed E-state index contributed by atoms with van der Waals surface area (Å²) >= 11 is 3.16. The third-order valence-corrected chi connectivity index (χ3v) is 3.86. The van der Waals surface area contributed by atoms with Crippen LogP contribution < -0.4 is 5.73 Å². The van der Waals surface area contributed by atoms with E-state index in [1.807, 2.05) is 18.4 Å². The van der Waals surface area contributed by atoms with Gasteiger partial charge in [0.15, 0.2) is 4.34 Å². The number of nitrogens with one attached hydrogen (secondary N) is 1. The van der Waals surface area contributed by atoms with Gasteiger partial charge in [0.2, 0.25) is 0 Å². The zero-order valence-electron chi connectivity index (χ0n) is 8.60. The number of rotatable bonds is 3. The SMILES string of the molecule is Cc1csc(Sc2ccnc(C(=N)N)c2)n1. The number of hydrogen-bond acceptors (Lipinski definition) is 5. The van der Waals surface area contributed by atoms with E-state index < -0.39 is 0 Å². The maximum atomic E-state index is 7.31. The van der Waals surface area contributed by atoms with Crippen LogP contribution in [0, 0.1) is 12.3 Å². The lowest BCUT2D eigenvalue weighted by atomic mass is 10.3. The van der Waals surface area contributed by atoms with E-state index in [-0.39, 0.29) is 5.84 Å². The summed E-state index contributed by atoms with van der Waals surface area (Å²) in [5.74, 6) is -0.0160. The standard InChI is InChI=1S/C10H10N4S2/c1-6-5-15-10(14-6)16-7-2-3-13-8(4-7)9(11)12/h2-5H,1H3,(H3,11,12). The topological polar surface area (TPSA) is 75.7 Å². The summed E-state index contributed by atoms with van der Waals surface area (Å²) in [6, 6.07) is 3.68. The van der Waals surface area contributed by atoms with Gasteiger partial charge in [0.05, 0.1) is 0 Å². The minimum absolute atomic E-state index is 0.0160. The van der Waals surface area contributed by atoms with Gasteiger partial charge in [-0.15, -0.1) is 11.3 Å². The fourth-order valence-corrected chi connectivity index (χ4v) is 2.94. The summed E-state index contributed by atoms with van der Waals surface area (Å²) in [4.78, 5) is 9.36. The lowest BCUT2D eigenvalue weighted by Gasteiger charge is -2.00. The summed E-state index contributed by atoms with van der Waals surface area (Å²) in [5, 5.41) is 9.32. The van der Waals surface area contributed by atoms with Gasteiger partial charge in [-0.1, -0.05) is 11.8 Å². The van der Waals surface area contributed by atoms with E-state index in [0.717, 1.165) is 14.9 Å². The Labute approximate surface area is 101 Å². The van der Waals surface area contributed by atoms with Gasteiger partial charge in [-0.3, -0.25) is 10.4 Å². The number of amidine groups is 1. The van der Waals surface area contributed by atoms with E-state index in [2.05, 4.69) is 9.97 Å². The Kier molecular flexibility index (Phi) is 3.21. The molecule has 0 radical (unpaired) electrons. The molecule has 0 spiro atoms. The van der Waals surface area contributed by atoms with Crippen molar-refractivity contribution in [3.05, 3.63) is 35.1 Å². The largest absolute Gasteiger partial charge is 0.382 e. The predicted octanol–water partition coefficient (Wildman–Crippen LogP) is 2.28. The molecule has 0 aliphatic carbocycles. The Hall–Kier alpha value is -1.40. The van der Waals surface area contributed by atoms with E-state index >= 15 is 0 Å². The molecular weight excluding hydrogens is 240 g/mol. The fraction of sp³-hybridized carbons (Fsp3) is 0.100. The van der Waals surface area contributed by atoms with E-state index in [1.165, 1.54) is 0 Å². The first-order valence-corrected chi connectivity index (χ1v) is 6.25. The number of nitrogens with zero attached hydrogens (tertiary/aromatic N) is 2. The second kappa shape index (κ2) is 4.63. The number of pyridine rings is 1. The highest BCUT2D eigenvalue weighted by Gasteiger charge is 2.04. The van der Waals surface area contributed by atoms with Crippen molar-refractivity contribution >= 4 is 28.9 Å². The summed E-state index contributed by atoms with van der Waals surface area (Å²) in [5.41, 5.74) is 6.90. The molecule has 16 heavy (non-hydrogen) atoms. The maximum Gasteiger partial charge on any atom is 0.154 e. The molecule has 82 valence electrons. The molecule has 0 aliphatic heterocycles. The molecule has 0 saturated carbocycles. The maximum absolute atomic E-state index is 7.31. The van der Waals surface area contributed by atoms with Crippen LogP contribution >= 0.6 is 23.1 Å². The van der Waals surface area contributed by atoms with Crippen molar-refractivity contribution < 1.29 is 0 Å². The highest BCUT2D eigenvalue weighted by molar-refractivity contribution is 8.01. The summed E-state index contributed by atoms with van der Waals surface area (Å²) < 4.78 is 0.984. The van der Waals surface area contributed by atoms with Crippen molar-refractivity contribution in [3.8, 4) is 0 Å². The minimum atomic E-state index is -0.0160. The van der Waals surface area contributed by atoms with Crippen LogP contribution in [0.25, 0.3) is 0 Å². The molecule has 2 aromatic rings. The molecule has 0 atom stereocenters. The smallest absolute Gasteiger partial charge is 0.154 e.